The topological polar surface area (TPSA) is 208 Å². The van der Waals surface area contributed by atoms with Crippen LogP contribution in [-0.4, -0.2) is 75.8 Å². The van der Waals surface area contributed by atoms with E-state index in [1.807, 2.05) is 0 Å². The number of carbonyl (C=O) groups is 5. The number of hydrogen-bond acceptors (Lipinski definition) is 7. The first-order valence-electron chi connectivity index (χ1n) is 11.9. The van der Waals surface area contributed by atoms with Crippen LogP contribution in [-0.2, 0) is 36.8 Å². The molecule has 3 amide bonds. The first-order chi connectivity index (χ1) is 18.1. The third-order valence-electron chi connectivity index (χ3n) is 5.63. The molecule has 4 atom stereocenters. The number of amides is 3. The third kappa shape index (κ3) is 9.99. The molecule has 2 aromatic carbocycles. The van der Waals surface area contributed by atoms with E-state index >= 15 is 0 Å². The number of hydrogen-bond donors (Lipinski definition) is 7. The van der Waals surface area contributed by atoms with E-state index in [4.69, 9.17) is 15.9 Å². The maximum atomic E-state index is 13.2. The minimum Gasteiger partial charge on any atom is -0.481 e. The molecule has 12 heteroatoms. The van der Waals surface area contributed by atoms with Gasteiger partial charge in [0, 0.05) is 19.3 Å². The molecule has 0 bridgehead atoms. The summed E-state index contributed by atoms with van der Waals surface area (Å²) in [6.07, 6.45) is -0.785. The van der Waals surface area contributed by atoms with Crippen molar-refractivity contribution in [1.82, 2.24) is 16.0 Å². The summed E-state index contributed by atoms with van der Waals surface area (Å²) in [5.41, 5.74) is 6.83. The van der Waals surface area contributed by atoms with Gasteiger partial charge in [0.2, 0.25) is 17.7 Å². The Balaban J connectivity index is 2.25. The van der Waals surface area contributed by atoms with Crippen LogP contribution in [0.4, 0.5) is 0 Å². The Kier molecular flexibility index (Phi) is 11.9. The fraction of sp³-hybridized carbons (Fsp3) is 0.346. The molecule has 8 N–H and O–H groups in total. The number of aliphatic hydroxyl groups is 1. The SMILES string of the molecule is NC(CO)C(=O)NC(CCC(=O)O)C(=O)NC(Cc1ccccc1)C(=O)NC(Cc1ccccc1)C(=O)O. The second-order valence-corrected chi connectivity index (χ2v) is 8.62. The van der Waals surface area contributed by atoms with E-state index < -0.39 is 66.9 Å². The van der Waals surface area contributed by atoms with Gasteiger partial charge in [-0.25, -0.2) is 4.79 Å². The Morgan fingerprint density at radius 1 is 0.684 bits per heavy atom. The highest BCUT2D eigenvalue weighted by Crippen LogP contribution is 2.08. The summed E-state index contributed by atoms with van der Waals surface area (Å²) in [5, 5.41) is 35.1. The molecule has 204 valence electrons. The molecule has 0 saturated carbocycles. The maximum Gasteiger partial charge on any atom is 0.326 e. The largest absolute Gasteiger partial charge is 0.481 e. The Hall–Kier alpha value is -4.29. The molecule has 0 radical (unpaired) electrons. The van der Waals surface area contributed by atoms with Crippen molar-refractivity contribution in [2.45, 2.75) is 49.9 Å². The minimum atomic E-state index is -1.37. The number of carboxylic acids is 2. The second kappa shape index (κ2) is 15.1. The quantitative estimate of drug-likeness (QED) is 0.154. The minimum absolute atomic E-state index is 0.00423. The van der Waals surface area contributed by atoms with Gasteiger partial charge in [0.1, 0.15) is 24.2 Å². The Morgan fingerprint density at radius 3 is 1.61 bits per heavy atom. The molecule has 0 aliphatic heterocycles. The molecule has 12 nitrogen and oxygen atoms in total. The van der Waals surface area contributed by atoms with Crippen molar-refractivity contribution in [2.24, 2.45) is 5.73 Å². The van der Waals surface area contributed by atoms with Crippen LogP contribution in [0.5, 0.6) is 0 Å². The average Bonchev–Trinajstić information content (AvgIpc) is 2.90. The van der Waals surface area contributed by atoms with Crippen LogP contribution in [0.3, 0.4) is 0 Å². The molecule has 0 spiro atoms. The number of benzene rings is 2. The van der Waals surface area contributed by atoms with Crippen molar-refractivity contribution in [3.05, 3.63) is 71.8 Å². The molecule has 0 aliphatic rings. The van der Waals surface area contributed by atoms with Crippen molar-refractivity contribution in [3.8, 4) is 0 Å². The smallest absolute Gasteiger partial charge is 0.326 e. The lowest BCUT2D eigenvalue weighted by atomic mass is 10.0. The fourth-order valence-corrected chi connectivity index (χ4v) is 3.55. The summed E-state index contributed by atoms with van der Waals surface area (Å²) in [5.74, 6) is -5.00. The van der Waals surface area contributed by atoms with Crippen LogP contribution in [0, 0.1) is 0 Å². The molecule has 0 aromatic heterocycles. The number of aliphatic hydroxyl groups excluding tert-OH is 1. The molecule has 0 aliphatic carbocycles. The predicted molar refractivity (Wildman–Crippen MR) is 136 cm³/mol. The normalized spacial score (nSPS) is 13.8. The van der Waals surface area contributed by atoms with Crippen LogP contribution in [0.1, 0.15) is 24.0 Å². The van der Waals surface area contributed by atoms with E-state index in [-0.39, 0.29) is 19.3 Å². The Morgan fingerprint density at radius 2 is 1.13 bits per heavy atom. The summed E-state index contributed by atoms with van der Waals surface area (Å²) in [7, 11) is 0. The zero-order chi connectivity index (χ0) is 28.1. The number of rotatable bonds is 15. The molecule has 2 rings (SSSR count). The van der Waals surface area contributed by atoms with Gasteiger partial charge < -0.3 is 37.0 Å². The number of carboxylic acid groups (broad SMARTS) is 2. The first kappa shape index (κ1) is 29.9. The van der Waals surface area contributed by atoms with Crippen molar-refractivity contribution >= 4 is 29.7 Å². The molecule has 0 fully saturated rings. The highest BCUT2D eigenvalue weighted by atomic mass is 16.4. The number of nitrogens with two attached hydrogens (primary N) is 1. The first-order valence-corrected chi connectivity index (χ1v) is 11.9. The summed E-state index contributed by atoms with van der Waals surface area (Å²) >= 11 is 0. The molecule has 0 heterocycles. The molecule has 4 unspecified atom stereocenters. The van der Waals surface area contributed by atoms with Crippen molar-refractivity contribution < 1.29 is 39.3 Å². The summed E-state index contributed by atoms with van der Waals surface area (Å²) in [4.78, 5) is 61.5. The summed E-state index contributed by atoms with van der Waals surface area (Å²) in [6.45, 7) is -0.698. The second-order valence-electron chi connectivity index (χ2n) is 8.62. The zero-order valence-electron chi connectivity index (χ0n) is 20.6. The van der Waals surface area contributed by atoms with E-state index in [1.165, 1.54) is 0 Å². The van der Waals surface area contributed by atoms with Crippen LogP contribution >= 0.6 is 0 Å². The summed E-state index contributed by atoms with van der Waals surface area (Å²) < 4.78 is 0. The van der Waals surface area contributed by atoms with E-state index in [0.29, 0.717) is 11.1 Å². The molecule has 0 saturated heterocycles. The van der Waals surface area contributed by atoms with E-state index in [1.54, 1.807) is 60.7 Å². The van der Waals surface area contributed by atoms with Crippen molar-refractivity contribution in [3.63, 3.8) is 0 Å². The van der Waals surface area contributed by atoms with Gasteiger partial charge in [-0.3, -0.25) is 19.2 Å². The van der Waals surface area contributed by atoms with Gasteiger partial charge in [-0.2, -0.15) is 0 Å². The standard InChI is InChI=1S/C26H32N4O8/c27-18(15-31)23(34)28-19(11-12-22(32)33)24(35)29-20(13-16-7-3-1-4-8-16)25(36)30-21(26(37)38)14-17-9-5-2-6-10-17/h1-10,18-21,31H,11-15,27H2,(H,28,34)(H,29,35)(H,30,36)(H,32,33)(H,37,38). The van der Waals surface area contributed by atoms with Gasteiger partial charge in [0.05, 0.1) is 6.61 Å². The Labute approximate surface area is 219 Å². The molecular formula is C26H32N4O8. The highest BCUT2D eigenvalue weighted by Gasteiger charge is 2.31. The maximum absolute atomic E-state index is 13.2. The number of aliphatic carboxylic acids is 2. The lowest BCUT2D eigenvalue weighted by Crippen LogP contribution is -2.58. The van der Waals surface area contributed by atoms with Gasteiger partial charge in [-0.15, -0.1) is 0 Å². The van der Waals surface area contributed by atoms with Crippen LogP contribution in [0.15, 0.2) is 60.7 Å². The number of carbonyl (C=O) groups excluding carboxylic acids is 3. The monoisotopic (exact) mass is 528 g/mol. The van der Waals surface area contributed by atoms with Crippen molar-refractivity contribution in [2.75, 3.05) is 6.61 Å². The van der Waals surface area contributed by atoms with Gasteiger partial charge in [-0.1, -0.05) is 60.7 Å². The van der Waals surface area contributed by atoms with Crippen LogP contribution < -0.4 is 21.7 Å². The van der Waals surface area contributed by atoms with Crippen LogP contribution in [0.2, 0.25) is 0 Å². The van der Waals surface area contributed by atoms with Gasteiger partial charge in [0.15, 0.2) is 0 Å². The van der Waals surface area contributed by atoms with E-state index in [2.05, 4.69) is 16.0 Å². The lowest BCUT2D eigenvalue weighted by molar-refractivity contribution is -0.142. The van der Waals surface area contributed by atoms with Crippen molar-refractivity contribution in [1.29, 1.82) is 0 Å². The van der Waals surface area contributed by atoms with E-state index in [9.17, 15) is 29.1 Å². The molecule has 38 heavy (non-hydrogen) atoms. The average molecular weight is 529 g/mol. The van der Waals surface area contributed by atoms with Crippen LogP contribution in [0.25, 0.3) is 0 Å². The zero-order valence-corrected chi connectivity index (χ0v) is 20.6. The lowest BCUT2D eigenvalue weighted by Gasteiger charge is -2.25. The molecule has 2 aromatic rings. The predicted octanol–water partition coefficient (Wildman–Crippen LogP) is -0.805. The fourth-order valence-electron chi connectivity index (χ4n) is 3.55. The number of nitrogens with one attached hydrogen (secondary N) is 3. The summed E-state index contributed by atoms with van der Waals surface area (Å²) in [6, 6.07) is 12.1. The third-order valence-corrected chi connectivity index (χ3v) is 5.63. The van der Waals surface area contributed by atoms with Gasteiger partial charge >= 0.3 is 11.9 Å². The van der Waals surface area contributed by atoms with Gasteiger partial charge in [0.25, 0.3) is 0 Å². The van der Waals surface area contributed by atoms with E-state index in [0.717, 1.165) is 0 Å². The Bertz CT molecular complexity index is 1100. The highest BCUT2D eigenvalue weighted by molar-refractivity contribution is 5.94. The van der Waals surface area contributed by atoms with Gasteiger partial charge in [-0.05, 0) is 17.5 Å². The molecular weight excluding hydrogens is 496 g/mol.